The predicted molar refractivity (Wildman–Crippen MR) is 213 cm³/mol. The molecular formula is C45H74O16. The summed E-state index contributed by atoms with van der Waals surface area (Å²) in [4.78, 5) is 0. The van der Waals surface area contributed by atoms with Gasteiger partial charge in [-0.2, -0.15) is 0 Å². The predicted octanol–water partition coefficient (Wildman–Crippen LogP) is 1.32. The Morgan fingerprint density at radius 1 is 0.590 bits per heavy atom. The molecular weight excluding hydrogens is 796 g/mol. The van der Waals surface area contributed by atoms with E-state index in [1.807, 2.05) is 0 Å². The molecule has 16 nitrogen and oxygen atoms in total. The van der Waals surface area contributed by atoms with Crippen molar-refractivity contribution >= 4 is 0 Å². The van der Waals surface area contributed by atoms with E-state index < -0.39 is 105 Å². The average molecular weight is 871 g/mol. The van der Waals surface area contributed by atoms with Crippen LogP contribution in [0, 0.1) is 52.3 Å². The third-order valence-corrected chi connectivity index (χ3v) is 18.2. The maximum absolute atomic E-state index is 12.0. The van der Waals surface area contributed by atoms with Crippen LogP contribution in [0.25, 0.3) is 0 Å². The molecule has 8 N–H and O–H groups in total. The molecule has 9 aliphatic rings. The molecule has 4 saturated carbocycles. The molecule has 350 valence electrons. The molecule has 5 saturated heterocycles. The van der Waals surface area contributed by atoms with Crippen LogP contribution in [0.5, 0.6) is 0 Å². The van der Waals surface area contributed by atoms with Crippen LogP contribution in [0.3, 0.4) is 0 Å². The van der Waals surface area contributed by atoms with Gasteiger partial charge in [-0.3, -0.25) is 0 Å². The number of ether oxygens (including phenoxy) is 8. The fraction of sp³-hybridized carbons (Fsp3) is 1.00. The van der Waals surface area contributed by atoms with Crippen LogP contribution in [0.2, 0.25) is 0 Å². The molecule has 1 spiro atoms. The van der Waals surface area contributed by atoms with Crippen LogP contribution < -0.4 is 0 Å². The number of rotatable bonds is 7. The maximum atomic E-state index is 12.0. The lowest BCUT2D eigenvalue weighted by Crippen LogP contribution is -2.66. The lowest BCUT2D eigenvalue weighted by Gasteiger charge is -2.61. The average Bonchev–Trinajstić information content (AvgIpc) is 3.69. The zero-order valence-electron chi connectivity index (χ0n) is 36.7. The van der Waals surface area contributed by atoms with Gasteiger partial charge in [-0.15, -0.1) is 0 Å². The molecule has 0 aromatic heterocycles. The van der Waals surface area contributed by atoms with Gasteiger partial charge in [0, 0.05) is 12.3 Å². The summed E-state index contributed by atoms with van der Waals surface area (Å²) in [5, 5.41) is 85.9. The van der Waals surface area contributed by atoms with E-state index in [-0.39, 0.29) is 23.0 Å². The van der Waals surface area contributed by atoms with Gasteiger partial charge in [0.25, 0.3) is 0 Å². The van der Waals surface area contributed by atoms with Crippen molar-refractivity contribution in [1.82, 2.24) is 0 Å². The van der Waals surface area contributed by atoms with E-state index >= 15 is 0 Å². The van der Waals surface area contributed by atoms with E-state index in [0.29, 0.717) is 41.4 Å². The molecule has 0 aromatic rings. The first kappa shape index (κ1) is 45.5. The lowest BCUT2D eigenvalue weighted by molar-refractivity contribution is -0.389. The summed E-state index contributed by atoms with van der Waals surface area (Å²) in [6, 6.07) is 0. The van der Waals surface area contributed by atoms with E-state index in [2.05, 4.69) is 27.7 Å². The van der Waals surface area contributed by atoms with Crippen LogP contribution in [-0.2, 0) is 37.9 Å². The Kier molecular flexibility index (Phi) is 12.6. The summed E-state index contributed by atoms with van der Waals surface area (Å²) in [5.74, 6) is 3.27. The van der Waals surface area contributed by atoms with Gasteiger partial charge < -0.3 is 78.7 Å². The smallest absolute Gasteiger partial charge is 0.187 e. The molecule has 0 aromatic carbocycles. The van der Waals surface area contributed by atoms with Gasteiger partial charge in [0.05, 0.1) is 37.6 Å². The SMILES string of the molecule is C[C@H]1CC[C@@]2(OC1)O[C@H]1C[C@H]3[C@@H]4CC[C@H]5C[C@@H](O[C@@H]6O[C@H](CO)[C@@H](O[C@@H]7O[C@@H](C)[C@H](O)[C@@H](O)[C@H]7O)[C@H](O)[C@H]6O[C@@H]6O[C@@H](C)[C@H](O)[C@@H](O)[C@H]6O)CC[C@]5(C)[C@H]4CC[C@]3(C)[C@H]1[C@@H]2C. The van der Waals surface area contributed by atoms with Crippen LogP contribution in [-0.4, -0.2) is 164 Å². The minimum Gasteiger partial charge on any atom is -0.394 e. The number of fused-ring (bicyclic) bond motifs is 7. The fourth-order valence-electron chi connectivity index (χ4n) is 14.6. The Morgan fingerprint density at radius 3 is 1.85 bits per heavy atom. The minimum absolute atomic E-state index is 0.122. The lowest BCUT2D eigenvalue weighted by atomic mass is 9.44. The van der Waals surface area contributed by atoms with Crippen molar-refractivity contribution in [2.75, 3.05) is 13.2 Å². The second-order valence-corrected chi connectivity index (χ2v) is 21.5. The van der Waals surface area contributed by atoms with Crippen molar-refractivity contribution < 1.29 is 78.7 Å². The van der Waals surface area contributed by atoms with Gasteiger partial charge in [0.15, 0.2) is 24.7 Å². The zero-order chi connectivity index (χ0) is 43.5. The van der Waals surface area contributed by atoms with Crippen molar-refractivity contribution in [1.29, 1.82) is 0 Å². The van der Waals surface area contributed by atoms with E-state index in [4.69, 9.17) is 37.9 Å². The minimum atomic E-state index is -1.70. The summed E-state index contributed by atoms with van der Waals surface area (Å²) < 4.78 is 50.3. The summed E-state index contributed by atoms with van der Waals surface area (Å²) in [7, 11) is 0. The summed E-state index contributed by atoms with van der Waals surface area (Å²) in [5.41, 5.74) is 0.350. The van der Waals surface area contributed by atoms with E-state index in [0.717, 1.165) is 58.0 Å². The fourth-order valence-corrected chi connectivity index (χ4v) is 14.6. The monoisotopic (exact) mass is 870 g/mol. The first-order chi connectivity index (χ1) is 28.9. The summed E-state index contributed by atoms with van der Waals surface area (Å²) in [6.07, 6.45) is -11.0. The van der Waals surface area contributed by atoms with Crippen LogP contribution in [0.4, 0.5) is 0 Å². The number of hydrogen-bond acceptors (Lipinski definition) is 16. The van der Waals surface area contributed by atoms with E-state index in [1.165, 1.54) is 26.7 Å². The summed E-state index contributed by atoms with van der Waals surface area (Å²) >= 11 is 0. The molecule has 16 heteroatoms. The van der Waals surface area contributed by atoms with Crippen molar-refractivity contribution in [3.63, 3.8) is 0 Å². The second kappa shape index (κ2) is 16.9. The van der Waals surface area contributed by atoms with Gasteiger partial charge >= 0.3 is 0 Å². The van der Waals surface area contributed by atoms with Crippen LogP contribution in [0.1, 0.15) is 106 Å². The molecule has 0 radical (unpaired) electrons. The van der Waals surface area contributed by atoms with Gasteiger partial charge in [-0.25, -0.2) is 0 Å². The second-order valence-electron chi connectivity index (χ2n) is 21.5. The van der Waals surface area contributed by atoms with Crippen molar-refractivity contribution in [3.05, 3.63) is 0 Å². The van der Waals surface area contributed by atoms with Crippen molar-refractivity contribution in [3.8, 4) is 0 Å². The molecule has 9 rings (SSSR count). The highest BCUT2D eigenvalue weighted by Gasteiger charge is 2.69. The maximum Gasteiger partial charge on any atom is 0.187 e. The zero-order valence-corrected chi connectivity index (χ0v) is 36.7. The Morgan fingerprint density at radius 2 is 1.23 bits per heavy atom. The Hall–Kier alpha value is -0.640. The molecule has 27 atom stereocenters. The van der Waals surface area contributed by atoms with Crippen molar-refractivity contribution in [2.24, 2.45) is 52.3 Å². The Bertz CT molecular complexity index is 1530. The molecule has 61 heavy (non-hydrogen) atoms. The quantitative estimate of drug-likeness (QED) is 0.169. The molecule has 9 fully saturated rings. The molecule has 5 aliphatic heterocycles. The standard InChI is InChI=1S/C45H74O16/c1-19-9-14-45(54-18-19)20(2)30-28(61-45)16-27-25-8-7-23-15-24(10-12-43(23,5)26(25)11-13-44(27,30)6)57-42-39(60-41-36(52)34(50)32(48)22(4)56-41)37(53)38(29(17-46)58-42)59-40-35(51)33(49)31(47)21(3)55-40/h19-42,46-53H,7-18H2,1-6H3/t19-,20-,21-,22-,23-,24-,25+,26-,27-,28-,29+,30-,31-,32-,33+,34+,35+,36+,37-,38+,39+,40-,41-,42+,43-,44-,45+/m0/s1. The van der Waals surface area contributed by atoms with Gasteiger partial charge in [-0.05, 0) is 118 Å². The molecule has 4 aliphatic carbocycles. The number of aliphatic hydroxyl groups excluding tert-OH is 8. The largest absolute Gasteiger partial charge is 0.394 e. The molecule has 0 unspecified atom stereocenters. The van der Waals surface area contributed by atoms with Gasteiger partial charge in [0.2, 0.25) is 0 Å². The first-order valence-electron chi connectivity index (χ1n) is 23.5. The number of hydrogen-bond donors (Lipinski definition) is 8. The topological polar surface area (TPSA) is 236 Å². The summed E-state index contributed by atoms with van der Waals surface area (Å²) in [6.45, 7) is 12.9. The molecule has 0 amide bonds. The van der Waals surface area contributed by atoms with Gasteiger partial charge in [0.1, 0.15) is 61.0 Å². The Labute approximate surface area is 359 Å². The number of aliphatic hydroxyl groups is 8. The van der Waals surface area contributed by atoms with Crippen LogP contribution in [0.15, 0.2) is 0 Å². The van der Waals surface area contributed by atoms with E-state index in [9.17, 15) is 40.9 Å². The third-order valence-electron chi connectivity index (χ3n) is 18.2. The van der Waals surface area contributed by atoms with Crippen LogP contribution >= 0.6 is 0 Å². The highest BCUT2D eigenvalue weighted by molar-refractivity contribution is 5.15. The normalized spacial score (nSPS) is 59.7. The van der Waals surface area contributed by atoms with E-state index in [1.54, 1.807) is 0 Å². The third kappa shape index (κ3) is 7.50. The van der Waals surface area contributed by atoms with Gasteiger partial charge in [-0.1, -0.05) is 27.7 Å². The molecule has 5 heterocycles. The molecule has 0 bridgehead atoms. The highest BCUT2D eigenvalue weighted by atomic mass is 16.8. The van der Waals surface area contributed by atoms with Crippen molar-refractivity contribution in [2.45, 2.75) is 216 Å². The highest BCUT2D eigenvalue weighted by Crippen LogP contribution is 2.71. The Balaban J connectivity index is 0.897. The first-order valence-corrected chi connectivity index (χ1v) is 23.5.